The van der Waals surface area contributed by atoms with E-state index in [2.05, 4.69) is 22.3 Å². The highest BCUT2D eigenvalue weighted by atomic mass is 35.5. The second-order valence-electron chi connectivity index (χ2n) is 6.11. The smallest absolute Gasteiger partial charge is 0.304 e. The number of nitrogens with one attached hydrogen (secondary N) is 1. The minimum absolute atomic E-state index is 0.0326. The summed E-state index contributed by atoms with van der Waals surface area (Å²) in [5, 5.41) is 13.1. The summed E-state index contributed by atoms with van der Waals surface area (Å²) in [5.41, 5.74) is 2.37. The van der Waals surface area contributed by atoms with Crippen molar-refractivity contribution in [1.29, 1.82) is 0 Å². The monoisotopic (exact) mass is 344 g/mol. The molecular formula is C19H21ClN2O2. The van der Waals surface area contributed by atoms with Crippen molar-refractivity contribution in [2.45, 2.75) is 18.5 Å². The first-order valence-electron chi connectivity index (χ1n) is 8.13. The van der Waals surface area contributed by atoms with Crippen LogP contribution in [0.5, 0.6) is 0 Å². The van der Waals surface area contributed by atoms with Crippen LogP contribution in [0.3, 0.4) is 0 Å². The Hall–Kier alpha value is -1.88. The van der Waals surface area contributed by atoms with Crippen LogP contribution in [-0.4, -0.2) is 41.7 Å². The molecule has 2 atom stereocenters. The Morgan fingerprint density at radius 1 is 1.17 bits per heavy atom. The van der Waals surface area contributed by atoms with Gasteiger partial charge in [-0.3, -0.25) is 9.69 Å². The number of piperazine rings is 1. The van der Waals surface area contributed by atoms with E-state index in [1.165, 1.54) is 11.1 Å². The molecule has 1 saturated heterocycles. The Morgan fingerprint density at radius 3 is 2.50 bits per heavy atom. The molecule has 0 spiro atoms. The Labute approximate surface area is 147 Å². The first-order chi connectivity index (χ1) is 11.6. The van der Waals surface area contributed by atoms with Gasteiger partial charge in [-0.2, -0.15) is 0 Å². The maximum absolute atomic E-state index is 11.0. The summed E-state index contributed by atoms with van der Waals surface area (Å²) in [4.78, 5) is 13.4. The van der Waals surface area contributed by atoms with Crippen molar-refractivity contribution in [3.8, 4) is 0 Å². The van der Waals surface area contributed by atoms with Crippen molar-refractivity contribution >= 4 is 17.6 Å². The van der Waals surface area contributed by atoms with Gasteiger partial charge in [-0.1, -0.05) is 54.1 Å². The van der Waals surface area contributed by atoms with E-state index in [-0.39, 0.29) is 18.5 Å². The van der Waals surface area contributed by atoms with E-state index >= 15 is 0 Å². The third-order valence-corrected chi connectivity index (χ3v) is 4.63. The van der Waals surface area contributed by atoms with Gasteiger partial charge >= 0.3 is 5.97 Å². The predicted octanol–water partition coefficient (Wildman–Crippen LogP) is 3.18. The minimum atomic E-state index is -0.767. The number of rotatable bonds is 5. The SMILES string of the molecule is O=C(O)CC1CN(C(c2ccccc2)c2ccc(Cl)cc2)CCN1. The summed E-state index contributed by atoms with van der Waals surface area (Å²) < 4.78 is 0. The molecule has 126 valence electrons. The third kappa shape index (κ3) is 4.15. The fraction of sp³-hybridized carbons (Fsp3) is 0.316. The Balaban J connectivity index is 1.89. The number of benzene rings is 2. The maximum Gasteiger partial charge on any atom is 0.304 e. The lowest BCUT2D eigenvalue weighted by Gasteiger charge is -2.39. The van der Waals surface area contributed by atoms with Gasteiger partial charge in [-0.05, 0) is 23.3 Å². The van der Waals surface area contributed by atoms with Crippen LogP contribution in [0.4, 0.5) is 0 Å². The average Bonchev–Trinajstić information content (AvgIpc) is 2.58. The van der Waals surface area contributed by atoms with E-state index in [0.717, 1.165) is 18.1 Å². The highest BCUT2D eigenvalue weighted by molar-refractivity contribution is 6.30. The largest absolute Gasteiger partial charge is 0.481 e. The molecule has 2 aromatic rings. The molecule has 2 aromatic carbocycles. The van der Waals surface area contributed by atoms with Crippen molar-refractivity contribution in [1.82, 2.24) is 10.2 Å². The Bertz CT molecular complexity index is 676. The van der Waals surface area contributed by atoms with Gasteiger partial charge in [-0.25, -0.2) is 0 Å². The van der Waals surface area contributed by atoms with Gasteiger partial charge in [0.1, 0.15) is 0 Å². The minimum Gasteiger partial charge on any atom is -0.481 e. The number of hydrogen-bond acceptors (Lipinski definition) is 3. The van der Waals surface area contributed by atoms with Crippen LogP contribution in [0.1, 0.15) is 23.6 Å². The molecule has 1 aliphatic rings. The number of carboxylic acid groups (broad SMARTS) is 1. The zero-order valence-corrected chi connectivity index (χ0v) is 14.1. The molecule has 2 N–H and O–H groups in total. The molecule has 0 radical (unpaired) electrons. The Morgan fingerprint density at radius 2 is 1.83 bits per heavy atom. The van der Waals surface area contributed by atoms with Crippen LogP contribution >= 0.6 is 11.6 Å². The maximum atomic E-state index is 11.0. The number of nitrogens with zero attached hydrogens (tertiary/aromatic N) is 1. The van der Waals surface area contributed by atoms with Gasteiger partial charge < -0.3 is 10.4 Å². The van der Waals surface area contributed by atoms with Crippen molar-refractivity contribution in [2.24, 2.45) is 0 Å². The molecule has 0 aliphatic carbocycles. The number of carboxylic acids is 1. The summed E-state index contributed by atoms with van der Waals surface area (Å²) in [6, 6.07) is 18.3. The summed E-state index contributed by atoms with van der Waals surface area (Å²) >= 11 is 6.04. The molecule has 1 aliphatic heterocycles. The van der Waals surface area contributed by atoms with Crippen LogP contribution in [0, 0.1) is 0 Å². The molecule has 24 heavy (non-hydrogen) atoms. The fourth-order valence-corrected chi connectivity index (χ4v) is 3.45. The lowest BCUT2D eigenvalue weighted by atomic mass is 9.95. The third-order valence-electron chi connectivity index (χ3n) is 4.37. The molecule has 1 heterocycles. The van der Waals surface area contributed by atoms with Crippen LogP contribution in [0.25, 0.3) is 0 Å². The molecule has 1 fully saturated rings. The highest BCUT2D eigenvalue weighted by Gasteiger charge is 2.28. The Kier molecular flexibility index (Phi) is 5.51. The molecule has 0 bridgehead atoms. The van der Waals surface area contributed by atoms with Crippen molar-refractivity contribution in [2.75, 3.05) is 19.6 Å². The predicted molar refractivity (Wildman–Crippen MR) is 95.4 cm³/mol. The molecule has 0 aromatic heterocycles. The van der Waals surface area contributed by atoms with E-state index in [9.17, 15) is 4.79 Å². The van der Waals surface area contributed by atoms with Gasteiger partial charge in [0.15, 0.2) is 0 Å². The number of carbonyl (C=O) groups is 1. The van der Waals surface area contributed by atoms with Gasteiger partial charge in [0.05, 0.1) is 12.5 Å². The molecule has 0 amide bonds. The van der Waals surface area contributed by atoms with E-state index in [4.69, 9.17) is 16.7 Å². The molecular weight excluding hydrogens is 324 g/mol. The second-order valence-corrected chi connectivity index (χ2v) is 6.55. The number of hydrogen-bond donors (Lipinski definition) is 2. The number of halogens is 1. The standard InChI is InChI=1S/C19H21ClN2O2/c20-16-8-6-15(7-9-16)19(14-4-2-1-3-5-14)22-11-10-21-17(13-22)12-18(23)24/h1-9,17,19,21H,10-13H2,(H,23,24). The fourth-order valence-electron chi connectivity index (χ4n) is 3.33. The lowest BCUT2D eigenvalue weighted by Crippen LogP contribution is -2.52. The second kappa shape index (κ2) is 7.79. The van der Waals surface area contributed by atoms with Crippen LogP contribution in [0.15, 0.2) is 54.6 Å². The molecule has 5 heteroatoms. The van der Waals surface area contributed by atoms with Crippen molar-refractivity contribution < 1.29 is 9.90 Å². The van der Waals surface area contributed by atoms with E-state index in [0.29, 0.717) is 6.54 Å². The van der Waals surface area contributed by atoms with Crippen LogP contribution < -0.4 is 5.32 Å². The van der Waals surface area contributed by atoms with Crippen molar-refractivity contribution in [3.63, 3.8) is 0 Å². The van der Waals surface area contributed by atoms with Crippen molar-refractivity contribution in [3.05, 3.63) is 70.7 Å². The van der Waals surface area contributed by atoms with E-state index in [1.807, 2.05) is 42.5 Å². The van der Waals surface area contributed by atoms with Crippen LogP contribution in [-0.2, 0) is 4.79 Å². The lowest BCUT2D eigenvalue weighted by molar-refractivity contribution is -0.137. The summed E-state index contributed by atoms with van der Waals surface area (Å²) in [6.45, 7) is 2.36. The average molecular weight is 345 g/mol. The zero-order valence-electron chi connectivity index (χ0n) is 13.4. The zero-order chi connectivity index (χ0) is 16.9. The molecule has 3 rings (SSSR count). The van der Waals surface area contributed by atoms with Gasteiger partial charge in [0, 0.05) is 30.7 Å². The summed E-state index contributed by atoms with van der Waals surface area (Å²) in [5.74, 6) is -0.767. The first-order valence-corrected chi connectivity index (χ1v) is 8.51. The first kappa shape index (κ1) is 17.0. The van der Waals surface area contributed by atoms with E-state index in [1.54, 1.807) is 0 Å². The molecule has 2 unspecified atom stereocenters. The van der Waals surface area contributed by atoms with Crippen LogP contribution in [0.2, 0.25) is 5.02 Å². The number of aliphatic carboxylic acids is 1. The normalized spacial score (nSPS) is 19.8. The van der Waals surface area contributed by atoms with Gasteiger partial charge in [0.25, 0.3) is 0 Å². The van der Waals surface area contributed by atoms with Gasteiger partial charge in [-0.15, -0.1) is 0 Å². The molecule has 0 saturated carbocycles. The van der Waals surface area contributed by atoms with E-state index < -0.39 is 5.97 Å². The summed E-state index contributed by atoms with van der Waals surface area (Å²) in [7, 11) is 0. The topological polar surface area (TPSA) is 52.6 Å². The van der Waals surface area contributed by atoms with Gasteiger partial charge in [0.2, 0.25) is 0 Å². The summed E-state index contributed by atoms with van der Waals surface area (Å²) in [6.07, 6.45) is 0.138. The molecule has 4 nitrogen and oxygen atoms in total. The highest BCUT2D eigenvalue weighted by Crippen LogP contribution is 2.30. The quantitative estimate of drug-likeness (QED) is 0.874.